The predicted molar refractivity (Wildman–Crippen MR) is 101 cm³/mol. The predicted octanol–water partition coefficient (Wildman–Crippen LogP) is 4.32. The number of hydrogen-bond acceptors (Lipinski definition) is 3. The molecule has 0 bridgehead atoms. The summed E-state index contributed by atoms with van der Waals surface area (Å²) in [7, 11) is 1.59. The van der Waals surface area contributed by atoms with Gasteiger partial charge in [-0.15, -0.1) is 0 Å². The van der Waals surface area contributed by atoms with Crippen LogP contribution in [0.4, 0.5) is 0 Å². The van der Waals surface area contributed by atoms with Gasteiger partial charge in [0.05, 0.1) is 0 Å². The van der Waals surface area contributed by atoms with Crippen LogP contribution in [0, 0.1) is 6.92 Å². The van der Waals surface area contributed by atoms with Crippen LogP contribution in [0.1, 0.15) is 22.3 Å². The summed E-state index contributed by atoms with van der Waals surface area (Å²) in [5, 5.41) is 12.0. The molecule has 26 heavy (non-hydrogen) atoms. The number of aliphatic hydroxyl groups is 1. The second-order valence-electron chi connectivity index (χ2n) is 6.81. The van der Waals surface area contributed by atoms with E-state index in [1.54, 1.807) is 7.11 Å². The minimum absolute atomic E-state index is 0.382. The van der Waals surface area contributed by atoms with Crippen LogP contribution in [0.5, 0.6) is 5.75 Å². The average Bonchev–Trinajstić information content (AvgIpc) is 2.92. The van der Waals surface area contributed by atoms with E-state index in [1.165, 1.54) is 0 Å². The molecule has 0 aromatic heterocycles. The van der Waals surface area contributed by atoms with Crippen molar-refractivity contribution in [2.24, 2.45) is 0 Å². The molecule has 3 heteroatoms. The molecular formula is C23H22O3. The molecule has 3 aromatic rings. The highest BCUT2D eigenvalue weighted by molar-refractivity contribution is 5.50. The van der Waals surface area contributed by atoms with Crippen LogP contribution < -0.4 is 4.74 Å². The molecule has 0 saturated carbocycles. The van der Waals surface area contributed by atoms with Crippen molar-refractivity contribution in [2.45, 2.75) is 24.7 Å². The Hall–Kier alpha value is -2.62. The molecule has 2 unspecified atom stereocenters. The molecule has 3 nitrogen and oxygen atoms in total. The molecule has 1 aliphatic heterocycles. The van der Waals surface area contributed by atoms with E-state index >= 15 is 0 Å². The third kappa shape index (κ3) is 2.44. The Labute approximate surface area is 153 Å². The van der Waals surface area contributed by atoms with Gasteiger partial charge in [-0.2, -0.15) is 0 Å². The summed E-state index contributed by atoms with van der Waals surface area (Å²) in [5.74, 6) is -0.653. The summed E-state index contributed by atoms with van der Waals surface area (Å²) >= 11 is 0. The lowest BCUT2D eigenvalue weighted by atomic mass is 9.78. The summed E-state index contributed by atoms with van der Waals surface area (Å²) in [4.78, 5) is 0. The molecule has 0 radical (unpaired) electrons. The van der Waals surface area contributed by atoms with Gasteiger partial charge in [-0.3, -0.25) is 0 Å². The summed E-state index contributed by atoms with van der Waals surface area (Å²) in [6.07, 6.45) is 0.382. The molecule has 0 fully saturated rings. The lowest BCUT2D eigenvalue weighted by Gasteiger charge is -2.40. The number of methoxy groups -OCH3 is 1. The van der Waals surface area contributed by atoms with Crippen LogP contribution in [0.3, 0.4) is 0 Å². The number of rotatable bonds is 4. The Morgan fingerprint density at radius 2 is 1.58 bits per heavy atom. The standard InChI is InChI=1S/C23H22O3/c1-17-13-14-21-20(15-17)22(24,16-18-9-5-3-6-10-18)23(25-2,26-21)19-11-7-4-8-12-19/h3-15,24H,16H2,1-2H3. The van der Waals surface area contributed by atoms with E-state index in [1.807, 2.05) is 85.8 Å². The Morgan fingerprint density at radius 3 is 2.23 bits per heavy atom. The molecule has 0 saturated heterocycles. The lowest BCUT2D eigenvalue weighted by molar-refractivity contribution is -0.269. The molecule has 1 aliphatic rings. The van der Waals surface area contributed by atoms with Crippen molar-refractivity contribution < 1.29 is 14.6 Å². The first-order valence-electron chi connectivity index (χ1n) is 8.76. The van der Waals surface area contributed by atoms with Gasteiger partial charge in [0.1, 0.15) is 5.75 Å². The normalized spacial score (nSPS) is 24.1. The van der Waals surface area contributed by atoms with Gasteiger partial charge < -0.3 is 14.6 Å². The number of benzene rings is 3. The quantitative estimate of drug-likeness (QED) is 0.765. The van der Waals surface area contributed by atoms with Gasteiger partial charge >= 0.3 is 0 Å². The highest BCUT2D eigenvalue weighted by Gasteiger charge is 2.61. The third-order valence-corrected chi connectivity index (χ3v) is 5.12. The molecule has 1 heterocycles. The second kappa shape index (κ2) is 6.27. The summed E-state index contributed by atoms with van der Waals surface area (Å²) < 4.78 is 12.2. The molecule has 2 atom stereocenters. The zero-order chi connectivity index (χ0) is 18.2. The van der Waals surface area contributed by atoms with E-state index in [0.29, 0.717) is 12.2 Å². The molecule has 132 valence electrons. The van der Waals surface area contributed by atoms with Crippen molar-refractivity contribution in [3.63, 3.8) is 0 Å². The van der Waals surface area contributed by atoms with Gasteiger partial charge in [-0.1, -0.05) is 72.3 Å². The maximum Gasteiger partial charge on any atom is 0.270 e. The highest BCUT2D eigenvalue weighted by atomic mass is 16.7. The summed E-state index contributed by atoms with van der Waals surface area (Å²) in [5.41, 5.74) is 2.28. The zero-order valence-corrected chi connectivity index (χ0v) is 15.0. The SMILES string of the molecule is COC1(c2ccccc2)Oc2ccc(C)cc2C1(O)Cc1ccccc1. The Morgan fingerprint density at radius 1 is 0.923 bits per heavy atom. The topological polar surface area (TPSA) is 38.7 Å². The minimum Gasteiger partial charge on any atom is -0.454 e. The third-order valence-electron chi connectivity index (χ3n) is 5.12. The minimum atomic E-state index is -1.36. The molecule has 1 N–H and O–H groups in total. The second-order valence-corrected chi connectivity index (χ2v) is 6.81. The van der Waals surface area contributed by atoms with Crippen LogP contribution in [-0.2, 0) is 22.5 Å². The van der Waals surface area contributed by atoms with Gasteiger partial charge in [-0.25, -0.2) is 0 Å². The Kier molecular flexibility index (Phi) is 4.06. The van der Waals surface area contributed by atoms with Crippen molar-refractivity contribution in [3.05, 3.63) is 101 Å². The zero-order valence-electron chi connectivity index (χ0n) is 15.0. The van der Waals surface area contributed by atoms with Crippen molar-refractivity contribution in [1.29, 1.82) is 0 Å². The summed E-state index contributed by atoms with van der Waals surface area (Å²) in [6.45, 7) is 2.01. The van der Waals surface area contributed by atoms with Gasteiger partial charge in [0.2, 0.25) is 0 Å². The fraction of sp³-hybridized carbons (Fsp3) is 0.217. The maximum absolute atomic E-state index is 12.0. The molecule has 0 amide bonds. The van der Waals surface area contributed by atoms with Crippen molar-refractivity contribution in [3.8, 4) is 5.75 Å². The smallest absolute Gasteiger partial charge is 0.270 e. The largest absolute Gasteiger partial charge is 0.454 e. The first kappa shape index (κ1) is 16.8. The van der Waals surface area contributed by atoms with Crippen LogP contribution in [0.25, 0.3) is 0 Å². The van der Waals surface area contributed by atoms with E-state index in [9.17, 15) is 5.11 Å². The van der Waals surface area contributed by atoms with Crippen LogP contribution in [0.2, 0.25) is 0 Å². The number of ether oxygens (including phenoxy) is 2. The number of fused-ring (bicyclic) bond motifs is 1. The van der Waals surface area contributed by atoms with Crippen molar-refractivity contribution >= 4 is 0 Å². The van der Waals surface area contributed by atoms with Gasteiger partial charge in [-0.05, 0) is 24.6 Å². The Balaban J connectivity index is 1.93. The summed E-state index contributed by atoms with van der Waals surface area (Å²) in [6, 6.07) is 25.5. The molecule has 4 rings (SSSR count). The van der Waals surface area contributed by atoms with E-state index in [-0.39, 0.29) is 0 Å². The van der Waals surface area contributed by atoms with Crippen molar-refractivity contribution in [1.82, 2.24) is 0 Å². The van der Waals surface area contributed by atoms with Crippen LogP contribution in [0.15, 0.2) is 78.9 Å². The Bertz CT molecular complexity index is 907. The van der Waals surface area contributed by atoms with Crippen LogP contribution in [-0.4, -0.2) is 12.2 Å². The fourth-order valence-corrected chi connectivity index (χ4v) is 3.86. The molecule has 0 aliphatic carbocycles. The van der Waals surface area contributed by atoms with Crippen molar-refractivity contribution in [2.75, 3.05) is 7.11 Å². The van der Waals surface area contributed by atoms with E-state index < -0.39 is 11.4 Å². The van der Waals surface area contributed by atoms with E-state index in [2.05, 4.69) is 0 Å². The van der Waals surface area contributed by atoms with Gasteiger partial charge in [0, 0.05) is 24.7 Å². The highest BCUT2D eigenvalue weighted by Crippen LogP contribution is 2.55. The van der Waals surface area contributed by atoms with Gasteiger partial charge in [0.25, 0.3) is 5.79 Å². The van der Waals surface area contributed by atoms with Crippen LogP contribution >= 0.6 is 0 Å². The van der Waals surface area contributed by atoms with Gasteiger partial charge in [0.15, 0.2) is 5.60 Å². The first-order valence-corrected chi connectivity index (χ1v) is 8.76. The van der Waals surface area contributed by atoms with E-state index in [4.69, 9.17) is 9.47 Å². The monoisotopic (exact) mass is 346 g/mol. The number of hydrogen-bond donors (Lipinski definition) is 1. The fourth-order valence-electron chi connectivity index (χ4n) is 3.86. The molecule has 0 spiro atoms. The molecular weight excluding hydrogens is 324 g/mol. The van der Waals surface area contributed by atoms with E-state index in [0.717, 1.165) is 22.3 Å². The first-order chi connectivity index (χ1) is 12.6. The number of aryl methyl sites for hydroxylation is 1. The lowest BCUT2D eigenvalue weighted by Crippen LogP contribution is -2.51. The average molecular weight is 346 g/mol. The molecule has 3 aromatic carbocycles. The maximum atomic E-state index is 12.0.